The smallest absolute Gasteiger partial charge is 0.171 e. The average Bonchev–Trinajstić information content (AvgIpc) is 2.96. The Kier molecular flexibility index (Phi) is 3.71. The number of nitrogen functional groups attached to an aromatic ring is 1. The Bertz CT molecular complexity index is 638. The van der Waals surface area contributed by atoms with Crippen LogP contribution in [0.5, 0.6) is 0 Å². The molecule has 2 aromatic heterocycles. The number of rotatable bonds is 2. The molecule has 1 aliphatic rings. The lowest BCUT2D eigenvalue weighted by Crippen LogP contribution is -2.16. The van der Waals surface area contributed by atoms with E-state index in [4.69, 9.17) is 10.8 Å². The number of fused-ring (bicyclic) bond motifs is 1. The zero-order valence-corrected chi connectivity index (χ0v) is 13.7. The molecule has 2 aromatic rings. The van der Waals surface area contributed by atoms with Crippen LogP contribution in [0.25, 0.3) is 10.7 Å². The molecule has 0 unspecified atom stereocenters. The summed E-state index contributed by atoms with van der Waals surface area (Å²) in [5.41, 5.74) is 5.27. The van der Waals surface area contributed by atoms with Crippen molar-refractivity contribution in [2.75, 3.05) is 5.43 Å². The molecular formula is C16H22N4S. The number of aryl methyl sites for hydroxylation is 1. The molecule has 0 bridgehead atoms. The van der Waals surface area contributed by atoms with Crippen molar-refractivity contribution in [1.29, 1.82) is 0 Å². The second-order valence-corrected chi connectivity index (χ2v) is 7.67. The van der Waals surface area contributed by atoms with Crippen LogP contribution in [0.1, 0.15) is 49.7 Å². The summed E-state index contributed by atoms with van der Waals surface area (Å²) in [4.78, 5) is 11.9. The molecule has 3 N–H and O–H groups in total. The van der Waals surface area contributed by atoms with E-state index in [1.807, 2.05) is 0 Å². The van der Waals surface area contributed by atoms with Gasteiger partial charge in [0.25, 0.3) is 0 Å². The fraction of sp³-hybridized carbons (Fsp3) is 0.500. The predicted octanol–water partition coefficient (Wildman–Crippen LogP) is 3.67. The standard InChI is InChI=1S/C16H22N4S/c1-16(2,3)13-9-8-12(21-13)15-18-11-7-5-4-6-10(11)14(19-15)20-17/h8-9H,4-7,17H2,1-3H3,(H,18,19,20). The van der Waals surface area contributed by atoms with E-state index in [2.05, 4.69) is 43.3 Å². The van der Waals surface area contributed by atoms with Crippen LogP contribution in [0, 0.1) is 0 Å². The third-order valence-corrected chi connectivity index (χ3v) is 5.39. The quantitative estimate of drug-likeness (QED) is 0.656. The lowest BCUT2D eigenvalue weighted by Gasteiger charge is -2.18. The predicted molar refractivity (Wildman–Crippen MR) is 88.5 cm³/mol. The maximum Gasteiger partial charge on any atom is 0.171 e. The topological polar surface area (TPSA) is 63.8 Å². The number of aromatic nitrogens is 2. The van der Waals surface area contributed by atoms with Crippen LogP contribution < -0.4 is 11.3 Å². The maximum absolute atomic E-state index is 5.66. The average molecular weight is 302 g/mol. The van der Waals surface area contributed by atoms with Crippen LogP contribution in [-0.2, 0) is 18.3 Å². The summed E-state index contributed by atoms with van der Waals surface area (Å²) in [6.45, 7) is 6.68. The van der Waals surface area contributed by atoms with Crippen molar-refractivity contribution in [2.45, 2.75) is 51.9 Å². The third kappa shape index (κ3) is 2.80. The number of nitrogens with zero attached hydrogens (tertiary/aromatic N) is 2. The molecule has 0 atom stereocenters. The van der Waals surface area contributed by atoms with Crippen molar-refractivity contribution in [1.82, 2.24) is 9.97 Å². The van der Waals surface area contributed by atoms with Crippen LogP contribution in [0.15, 0.2) is 12.1 Å². The molecule has 2 heterocycles. The first-order chi connectivity index (χ1) is 9.99. The molecule has 21 heavy (non-hydrogen) atoms. The number of nitrogens with one attached hydrogen (secondary N) is 1. The Morgan fingerprint density at radius 2 is 1.90 bits per heavy atom. The molecule has 0 radical (unpaired) electrons. The Morgan fingerprint density at radius 3 is 2.57 bits per heavy atom. The van der Waals surface area contributed by atoms with E-state index >= 15 is 0 Å². The lowest BCUT2D eigenvalue weighted by atomic mass is 9.95. The normalized spacial score (nSPS) is 14.9. The summed E-state index contributed by atoms with van der Waals surface area (Å²) in [7, 11) is 0. The SMILES string of the molecule is CC(C)(C)c1ccc(-c2nc3c(c(NN)n2)CCCC3)s1. The highest BCUT2D eigenvalue weighted by molar-refractivity contribution is 7.15. The van der Waals surface area contributed by atoms with Gasteiger partial charge in [-0.1, -0.05) is 20.8 Å². The summed E-state index contributed by atoms with van der Waals surface area (Å²) in [6.07, 6.45) is 4.44. The summed E-state index contributed by atoms with van der Waals surface area (Å²) >= 11 is 1.77. The van der Waals surface area contributed by atoms with Gasteiger partial charge in [0.1, 0.15) is 5.82 Å². The van der Waals surface area contributed by atoms with Gasteiger partial charge in [0.05, 0.1) is 4.88 Å². The fourth-order valence-electron chi connectivity index (χ4n) is 2.68. The molecule has 0 aliphatic heterocycles. The van der Waals surface area contributed by atoms with E-state index in [-0.39, 0.29) is 5.41 Å². The van der Waals surface area contributed by atoms with Crippen molar-refractivity contribution >= 4 is 17.2 Å². The van der Waals surface area contributed by atoms with Crippen LogP contribution in [-0.4, -0.2) is 9.97 Å². The first-order valence-electron chi connectivity index (χ1n) is 7.46. The van der Waals surface area contributed by atoms with Crippen molar-refractivity contribution < 1.29 is 0 Å². The van der Waals surface area contributed by atoms with Gasteiger partial charge in [-0.2, -0.15) is 0 Å². The molecule has 4 nitrogen and oxygen atoms in total. The van der Waals surface area contributed by atoms with Crippen LogP contribution in [0.2, 0.25) is 0 Å². The molecular weight excluding hydrogens is 280 g/mol. The van der Waals surface area contributed by atoms with Gasteiger partial charge in [-0.25, -0.2) is 15.8 Å². The Labute approximate surface area is 129 Å². The first kappa shape index (κ1) is 14.5. The van der Waals surface area contributed by atoms with E-state index in [0.717, 1.165) is 35.1 Å². The molecule has 0 spiro atoms. The molecule has 0 amide bonds. The number of hydrogen-bond acceptors (Lipinski definition) is 5. The van der Waals surface area contributed by atoms with Gasteiger partial charge in [-0.15, -0.1) is 11.3 Å². The first-order valence-corrected chi connectivity index (χ1v) is 8.28. The van der Waals surface area contributed by atoms with Crippen molar-refractivity contribution in [3.05, 3.63) is 28.3 Å². The molecule has 0 saturated carbocycles. The van der Waals surface area contributed by atoms with Crippen LogP contribution >= 0.6 is 11.3 Å². The second kappa shape index (κ2) is 5.39. The van der Waals surface area contributed by atoms with E-state index in [1.165, 1.54) is 23.3 Å². The molecule has 0 saturated heterocycles. The summed E-state index contributed by atoms with van der Waals surface area (Å²) in [5, 5.41) is 0. The van der Waals surface area contributed by atoms with Crippen LogP contribution in [0.3, 0.4) is 0 Å². The molecule has 112 valence electrons. The Morgan fingerprint density at radius 1 is 1.14 bits per heavy atom. The highest BCUT2D eigenvalue weighted by Crippen LogP contribution is 2.35. The number of thiophene rings is 1. The summed E-state index contributed by atoms with van der Waals surface area (Å²) < 4.78 is 0. The summed E-state index contributed by atoms with van der Waals surface area (Å²) in [6, 6.07) is 4.30. The Balaban J connectivity index is 2.04. The second-order valence-electron chi connectivity index (χ2n) is 6.59. The van der Waals surface area contributed by atoms with Gasteiger partial charge in [0.2, 0.25) is 0 Å². The third-order valence-electron chi connectivity index (χ3n) is 3.89. The Hall–Kier alpha value is -1.46. The zero-order chi connectivity index (χ0) is 15.0. The highest BCUT2D eigenvalue weighted by Gasteiger charge is 2.21. The maximum atomic E-state index is 5.66. The van der Waals surface area contributed by atoms with E-state index < -0.39 is 0 Å². The molecule has 0 fully saturated rings. The van der Waals surface area contributed by atoms with Crippen LogP contribution in [0.4, 0.5) is 5.82 Å². The monoisotopic (exact) mass is 302 g/mol. The van der Waals surface area contributed by atoms with Gasteiger partial charge < -0.3 is 5.43 Å². The molecule has 0 aromatic carbocycles. The number of hydrazine groups is 1. The van der Waals surface area contributed by atoms with Gasteiger partial charge in [-0.05, 0) is 43.2 Å². The zero-order valence-electron chi connectivity index (χ0n) is 12.9. The number of hydrogen-bond donors (Lipinski definition) is 2. The largest absolute Gasteiger partial charge is 0.308 e. The minimum atomic E-state index is 0.159. The minimum absolute atomic E-state index is 0.159. The van der Waals surface area contributed by atoms with Gasteiger partial charge in [0.15, 0.2) is 5.82 Å². The van der Waals surface area contributed by atoms with Crippen molar-refractivity contribution in [3.63, 3.8) is 0 Å². The lowest BCUT2D eigenvalue weighted by molar-refractivity contribution is 0.604. The van der Waals surface area contributed by atoms with Gasteiger partial charge in [0, 0.05) is 16.1 Å². The highest BCUT2D eigenvalue weighted by atomic mass is 32.1. The molecule has 5 heteroatoms. The summed E-state index contributed by atoms with van der Waals surface area (Å²) in [5.74, 6) is 7.25. The van der Waals surface area contributed by atoms with E-state index in [1.54, 1.807) is 11.3 Å². The van der Waals surface area contributed by atoms with Crippen molar-refractivity contribution in [3.8, 4) is 10.7 Å². The minimum Gasteiger partial charge on any atom is -0.308 e. The van der Waals surface area contributed by atoms with Gasteiger partial charge in [-0.3, -0.25) is 0 Å². The molecule has 1 aliphatic carbocycles. The van der Waals surface area contributed by atoms with Crippen molar-refractivity contribution in [2.24, 2.45) is 5.84 Å². The van der Waals surface area contributed by atoms with E-state index in [9.17, 15) is 0 Å². The van der Waals surface area contributed by atoms with E-state index in [0.29, 0.717) is 0 Å². The number of anilines is 1. The fourth-order valence-corrected chi connectivity index (χ4v) is 3.68. The van der Waals surface area contributed by atoms with Gasteiger partial charge >= 0.3 is 0 Å². The molecule has 3 rings (SSSR count). The number of nitrogens with two attached hydrogens (primary N) is 1.